The summed E-state index contributed by atoms with van der Waals surface area (Å²) in [5.74, 6) is -0.808. The van der Waals surface area contributed by atoms with Crippen molar-refractivity contribution in [2.24, 2.45) is 0 Å². The zero-order chi connectivity index (χ0) is 17.7. The molecule has 2 rings (SSSR count). The summed E-state index contributed by atoms with van der Waals surface area (Å²) in [6, 6.07) is 7.34. The number of halogens is 1. The van der Waals surface area contributed by atoms with Crippen LogP contribution in [0.2, 0.25) is 5.02 Å². The number of carboxylic acids is 1. The van der Waals surface area contributed by atoms with Crippen LogP contribution < -0.4 is 0 Å². The van der Waals surface area contributed by atoms with Gasteiger partial charge in [0.15, 0.2) is 0 Å². The average Bonchev–Trinajstić information content (AvgIpc) is 2.53. The summed E-state index contributed by atoms with van der Waals surface area (Å²) in [7, 11) is -1.55. The van der Waals surface area contributed by atoms with Gasteiger partial charge >= 0.3 is 5.97 Å². The maximum atomic E-state index is 12.5. The van der Waals surface area contributed by atoms with E-state index >= 15 is 0 Å². The van der Waals surface area contributed by atoms with Gasteiger partial charge in [-0.05, 0) is 44.0 Å². The number of carbonyl (C=O) groups is 1. The van der Waals surface area contributed by atoms with Gasteiger partial charge in [-0.3, -0.25) is 9.69 Å². The summed E-state index contributed by atoms with van der Waals surface area (Å²) in [5.41, 5.74) is 0.905. The lowest BCUT2D eigenvalue weighted by atomic mass is 10.1. The highest BCUT2D eigenvalue weighted by Gasteiger charge is 2.29. The molecule has 0 radical (unpaired) electrons. The Morgan fingerprint density at radius 3 is 2.62 bits per heavy atom. The number of likely N-dealkylation sites (N-methyl/N-ethyl adjacent to an activating group) is 1. The van der Waals surface area contributed by atoms with Gasteiger partial charge in [-0.15, -0.1) is 0 Å². The van der Waals surface area contributed by atoms with Crippen LogP contribution >= 0.6 is 11.6 Å². The summed E-state index contributed by atoms with van der Waals surface area (Å²) >= 11 is 5.92. The molecule has 1 N–H and O–H groups in total. The van der Waals surface area contributed by atoms with Gasteiger partial charge in [0.1, 0.15) is 0 Å². The number of nitrogens with zero attached hydrogens (tertiary/aromatic N) is 2. The first-order valence-electron chi connectivity index (χ1n) is 7.92. The van der Waals surface area contributed by atoms with E-state index in [1.807, 2.05) is 12.1 Å². The molecule has 8 heteroatoms. The SMILES string of the molecule is CN(CC(=O)O)C1CCN(S(=O)(=O)CCc2cccc(Cl)c2)CC1. The van der Waals surface area contributed by atoms with Crippen LogP contribution in [0.25, 0.3) is 0 Å². The second kappa shape index (κ2) is 8.29. The highest BCUT2D eigenvalue weighted by molar-refractivity contribution is 7.89. The van der Waals surface area contributed by atoms with E-state index in [4.69, 9.17) is 16.7 Å². The number of rotatable bonds is 7. The second-order valence-corrected chi connectivity index (χ2v) is 8.66. The number of carboxylic acid groups (broad SMARTS) is 1. The molecule has 0 spiro atoms. The van der Waals surface area contributed by atoms with Gasteiger partial charge in [-0.25, -0.2) is 12.7 Å². The molecule has 0 aliphatic carbocycles. The third-order valence-electron chi connectivity index (χ3n) is 4.36. The van der Waals surface area contributed by atoms with Crippen molar-refractivity contribution in [3.8, 4) is 0 Å². The first-order chi connectivity index (χ1) is 11.3. The van der Waals surface area contributed by atoms with Crippen LogP contribution in [0.4, 0.5) is 0 Å². The first kappa shape index (κ1) is 19.2. The molecule has 1 heterocycles. The minimum atomic E-state index is -3.31. The fourth-order valence-corrected chi connectivity index (χ4v) is 4.70. The molecule has 0 saturated carbocycles. The van der Waals surface area contributed by atoms with E-state index in [-0.39, 0.29) is 18.3 Å². The Balaban J connectivity index is 1.86. The van der Waals surface area contributed by atoms with E-state index < -0.39 is 16.0 Å². The molecule has 0 amide bonds. The van der Waals surface area contributed by atoms with E-state index in [1.165, 1.54) is 4.31 Å². The third kappa shape index (κ3) is 5.44. The van der Waals surface area contributed by atoms with Crippen molar-refractivity contribution in [2.45, 2.75) is 25.3 Å². The summed E-state index contributed by atoms with van der Waals surface area (Å²) in [6.07, 6.45) is 1.74. The fourth-order valence-electron chi connectivity index (χ4n) is 2.97. The lowest BCUT2D eigenvalue weighted by Gasteiger charge is -2.35. The molecule has 1 aliphatic rings. The molecule has 0 aromatic heterocycles. The van der Waals surface area contributed by atoms with Crippen molar-refractivity contribution in [2.75, 3.05) is 32.4 Å². The van der Waals surface area contributed by atoms with Crippen molar-refractivity contribution in [3.63, 3.8) is 0 Å². The Morgan fingerprint density at radius 2 is 2.04 bits per heavy atom. The van der Waals surface area contributed by atoms with Crippen LogP contribution in [0.15, 0.2) is 24.3 Å². The fraction of sp³-hybridized carbons (Fsp3) is 0.562. The van der Waals surface area contributed by atoms with Gasteiger partial charge in [-0.1, -0.05) is 23.7 Å². The number of benzene rings is 1. The van der Waals surface area contributed by atoms with Gasteiger partial charge in [0.25, 0.3) is 0 Å². The van der Waals surface area contributed by atoms with Crippen LogP contribution in [0.5, 0.6) is 0 Å². The molecule has 0 unspecified atom stereocenters. The van der Waals surface area contributed by atoms with Gasteiger partial charge in [0, 0.05) is 24.2 Å². The molecule has 1 aromatic rings. The standard InChI is InChI=1S/C16H23ClN2O4S/c1-18(12-16(20)21)15-5-8-19(9-6-15)24(22,23)10-7-13-3-2-4-14(17)11-13/h2-4,11,15H,5-10,12H2,1H3,(H,20,21). The maximum absolute atomic E-state index is 12.5. The first-order valence-corrected chi connectivity index (χ1v) is 9.91. The topological polar surface area (TPSA) is 77.9 Å². The van der Waals surface area contributed by atoms with Crippen molar-refractivity contribution < 1.29 is 18.3 Å². The smallest absolute Gasteiger partial charge is 0.317 e. The van der Waals surface area contributed by atoms with Gasteiger partial charge in [0.05, 0.1) is 12.3 Å². The minimum absolute atomic E-state index is 0.0216. The van der Waals surface area contributed by atoms with E-state index in [0.717, 1.165) is 5.56 Å². The van der Waals surface area contributed by atoms with Crippen LogP contribution in [-0.2, 0) is 21.2 Å². The normalized spacial score (nSPS) is 17.3. The summed E-state index contributed by atoms with van der Waals surface area (Å²) in [6.45, 7) is 0.852. The van der Waals surface area contributed by atoms with Crippen molar-refractivity contribution >= 4 is 27.6 Å². The zero-order valence-corrected chi connectivity index (χ0v) is 15.3. The second-order valence-electron chi connectivity index (χ2n) is 6.14. The van der Waals surface area contributed by atoms with E-state index in [1.54, 1.807) is 24.1 Å². The summed E-state index contributed by atoms with van der Waals surface area (Å²) < 4.78 is 26.5. The Kier molecular flexibility index (Phi) is 6.62. The highest BCUT2D eigenvalue weighted by Crippen LogP contribution is 2.19. The van der Waals surface area contributed by atoms with Crippen LogP contribution in [0.3, 0.4) is 0 Å². The lowest BCUT2D eigenvalue weighted by Crippen LogP contribution is -2.47. The molecule has 1 fully saturated rings. The third-order valence-corrected chi connectivity index (χ3v) is 6.47. The Bertz CT molecular complexity index is 672. The number of hydrogen-bond acceptors (Lipinski definition) is 4. The molecular weight excluding hydrogens is 352 g/mol. The molecule has 1 aliphatic heterocycles. The lowest BCUT2D eigenvalue weighted by molar-refractivity contribution is -0.138. The predicted molar refractivity (Wildman–Crippen MR) is 93.8 cm³/mol. The van der Waals surface area contributed by atoms with E-state index in [9.17, 15) is 13.2 Å². The monoisotopic (exact) mass is 374 g/mol. The summed E-state index contributed by atoms with van der Waals surface area (Å²) in [4.78, 5) is 12.5. The predicted octanol–water partition coefficient (Wildman–Crippen LogP) is 1.69. The van der Waals surface area contributed by atoms with Crippen molar-refractivity contribution in [1.29, 1.82) is 0 Å². The largest absolute Gasteiger partial charge is 0.480 e. The molecule has 134 valence electrons. The number of hydrogen-bond donors (Lipinski definition) is 1. The quantitative estimate of drug-likeness (QED) is 0.785. The summed E-state index contributed by atoms with van der Waals surface area (Å²) in [5, 5.41) is 9.44. The molecule has 6 nitrogen and oxygen atoms in total. The molecule has 24 heavy (non-hydrogen) atoms. The highest BCUT2D eigenvalue weighted by atomic mass is 35.5. The van der Waals surface area contributed by atoms with Gasteiger partial charge in [-0.2, -0.15) is 0 Å². The zero-order valence-electron chi connectivity index (χ0n) is 13.7. The van der Waals surface area contributed by atoms with Crippen LogP contribution in [-0.4, -0.2) is 67.2 Å². The Morgan fingerprint density at radius 1 is 1.38 bits per heavy atom. The molecule has 0 bridgehead atoms. The molecular formula is C16H23ClN2O4S. The number of piperidine rings is 1. The van der Waals surface area contributed by atoms with E-state index in [2.05, 4.69) is 0 Å². The van der Waals surface area contributed by atoms with Crippen molar-refractivity contribution in [1.82, 2.24) is 9.21 Å². The Hall–Kier alpha value is -1.15. The number of sulfonamides is 1. The number of aryl methyl sites for hydroxylation is 1. The molecule has 1 aromatic carbocycles. The maximum Gasteiger partial charge on any atom is 0.317 e. The Labute approximate surface area is 148 Å². The van der Waals surface area contributed by atoms with Gasteiger partial charge < -0.3 is 5.11 Å². The van der Waals surface area contributed by atoms with Crippen molar-refractivity contribution in [3.05, 3.63) is 34.9 Å². The van der Waals surface area contributed by atoms with Gasteiger partial charge in [0.2, 0.25) is 10.0 Å². The van der Waals surface area contributed by atoms with Crippen LogP contribution in [0, 0.1) is 0 Å². The minimum Gasteiger partial charge on any atom is -0.480 e. The molecule has 0 atom stereocenters. The van der Waals surface area contributed by atoms with Crippen LogP contribution in [0.1, 0.15) is 18.4 Å². The molecule has 1 saturated heterocycles. The number of aliphatic carboxylic acids is 1. The van der Waals surface area contributed by atoms with E-state index in [0.29, 0.717) is 37.4 Å². The average molecular weight is 375 g/mol.